The zero-order chi connectivity index (χ0) is 22.1. The van der Waals surface area contributed by atoms with E-state index in [1.54, 1.807) is 48.5 Å². The van der Waals surface area contributed by atoms with Gasteiger partial charge in [-0.3, -0.25) is 9.59 Å². The zero-order valence-corrected chi connectivity index (χ0v) is 16.7. The van der Waals surface area contributed by atoms with Gasteiger partial charge in [-0.1, -0.05) is 18.2 Å². The van der Waals surface area contributed by atoms with E-state index in [1.807, 2.05) is 0 Å². The molecule has 0 aliphatic carbocycles. The topological polar surface area (TPSA) is 89.0 Å². The lowest BCUT2D eigenvalue weighted by molar-refractivity contribution is -0.118. The Hall–Kier alpha value is -4.20. The van der Waals surface area contributed by atoms with Gasteiger partial charge in [0.15, 0.2) is 6.61 Å². The van der Waals surface area contributed by atoms with E-state index in [4.69, 9.17) is 9.47 Å². The van der Waals surface area contributed by atoms with Crippen molar-refractivity contribution in [3.05, 3.63) is 89.7 Å². The number of hydrogen-bond donors (Lipinski definition) is 2. The molecule has 0 aliphatic rings. The zero-order valence-electron chi connectivity index (χ0n) is 16.7. The Kier molecular flexibility index (Phi) is 7.31. The maximum absolute atomic E-state index is 12.9. The van der Waals surface area contributed by atoms with Gasteiger partial charge in [0, 0.05) is 16.8 Å². The molecule has 158 valence electrons. The molecule has 0 bridgehead atoms. The van der Waals surface area contributed by atoms with Crippen LogP contribution in [-0.2, 0) is 4.79 Å². The number of rotatable bonds is 8. The Labute approximate surface area is 178 Å². The number of hydrazone groups is 1. The van der Waals surface area contributed by atoms with Gasteiger partial charge < -0.3 is 14.8 Å². The van der Waals surface area contributed by atoms with Crippen LogP contribution in [0.5, 0.6) is 11.5 Å². The lowest BCUT2D eigenvalue weighted by Crippen LogP contribution is -2.20. The number of benzene rings is 3. The van der Waals surface area contributed by atoms with E-state index in [2.05, 4.69) is 15.8 Å². The summed E-state index contributed by atoms with van der Waals surface area (Å²) in [4.78, 5) is 24.3. The van der Waals surface area contributed by atoms with Crippen LogP contribution in [0, 0.1) is 5.82 Å². The average Bonchev–Trinajstić information content (AvgIpc) is 2.80. The van der Waals surface area contributed by atoms with E-state index in [-0.39, 0.29) is 12.4 Å². The van der Waals surface area contributed by atoms with Gasteiger partial charge in [-0.2, -0.15) is 5.10 Å². The van der Waals surface area contributed by atoms with Crippen LogP contribution in [0.4, 0.5) is 10.1 Å². The fourth-order valence-corrected chi connectivity index (χ4v) is 2.58. The van der Waals surface area contributed by atoms with E-state index in [0.717, 1.165) is 0 Å². The number of hydrogen-bond acceptors (Lipinski definition) is 5. The quantitative estimate of drug-likeness (QED) is 0.430. The summed E-state index contributed by atoms with van der Waals surface area (Å²) in [5.41, 5.74) is 3.87. The first-order chi connectivity index (χ1) is 15.0. The molecule has 0 aliphatic heterocycles. The molecule has 3 aromatic rings. The van der Waals surface area contributed by atoms with Gasteiger partial charge in [0.2, 0.25) is 0 Å². The highest BCUT2D eigenvalue weighted by Gasteiger charge is 2.08. The molecule has 3 aromatic carbocycles. The number of anilines is 1. The van der Waals surface area contributed by atoms with Gasteiger partial charge in [0.25, 0.3) is 11.8 Å². The molecular formula is C23H20FN3O4. The summed E-state index contributed by atoms with van der Waals surface area (Å²) in [6, 6.07) is 19.0. The maximum atomic E-state index is 12.9. The number of ether oxygens (including phenoxy) is 2. The predicted molar refractivity (Wildman–Crippen MR) is 115 cm³/mol. The van der Waals surface area contributed by atoms with Crippen LogP contribution < -0.4 is 20.2 Å². The normalized spacial score (nSPS) is 10.5. The number of nitrogens with zero attached hydrogens (tertiary/aromatic N) is 1. The third kappa shape index (κ3) is 6.40. The highest BCUT2D eigenvalue weighted by molar-refractivity contribution is 5.95. The van der Waals surface area contributed by atoms with Crippen molar-refractivity contribution >= 4 is 23.7 Å². The summed E-state index contributed by atoms with van der Waals surface area (Å²) >= 11 is 0. The van der Waals surface area contributed by atoms with Crippen molar-refractivity contribution in [1.82, 2.24) is 5.43 Å². The molecule has 0 spiro atoms. The predicted octanol–water partition coefficient (Wildman–Crippen LogP) is 3.62. The molecular weight excluding hydrogens is 401 g/mol. The number of para-hydroxylation sites is 1. The van der Waals surface area contributed by atoms with E-state index < -0.39 is 11.8 Å². The third-order valence-electron chi connectivity index (χ3n) is 4.11. The summed E-state index contributed by atoms with van der Waals surface area (Å²) in [5, 5.41) is 6.57. The molecule has 0 unspecified atom stereocenters. The van der Waals surface area contributed by atoms with Crippen LogP contribution in [0.15, 0.2) is 77.9 Å². The second kappa shape index (κ2) is 10.5. The van der Waals surface area contributed by atoms with Gasteiger partial charge in [-0.05, 0) is 54.6 Å². The summed E-state index contributed by atoms with van der Waals surface area (Å²) in [6.07, 6.45) is 1.42. The van der Waals surface area contributed by atoms with E-state index >= 15 is 0 Å². The summed E-state index contributed by atoms with van der Waals surface area (Å²) in [5.74, 6) is -0.205. The Balaban J connectivity index is 1.57. The van der Waals surface area contributed by atoms with Crippen LogP contribution >= 0.6 is 0 Å². The lowest BCUT2D eigenvalue weighted by atomic mass is 10.2. The molecule has 2 amide bonds. The Morgan fingerprint density at radius 1 is 1.03 bits per heavy atom. The lowest BCUT2D eigenvalue weighted by Gasteiger charge is -2.09. The standard InChI is InChI=1S/C23H20FN3O4/c1-30-20-7-4-6-16(13-20)23(29)27-25-14-17-5-2-3-8-21(17)31-15-22(28)26-19-11-9-18(24)10-12-19/h2-14H,15H2,1H3,(H,26,28)(H,27,29)/b25-14+. The Morgan fingerprint density at radius 3 is 2.58 bits per heavy atom. The van der Waals surface area contributed by atoms with E-state index in [0.29, 0.717) is 28.3 Å². The SMILES string of the molecule is COc1cccc(C(=O)N/N=C/c2ccccc2OCC(=O)Nc2ccc(F)cc2)c1. The number of halogens is 1. The number of amides is 2. The van der Waals surface area contributed by atoms with Crippen molar-refractivity contribution in [1.29, 1.82) is 0 Å². The first-order valence-electron chi connectivity index (χ1n) is 9.30. The molecule has 0 aromatic heterocycles. The summed E-state index contributed by atoms with van der Waals surface area (Å²) in [7, 11) is 1.52. The average molecular weight is 421 g/mol. The monoisotopic (exact) mass is 421 g/mol. The van der Waals surface area contributed by atoms with Gasteiger partial charge in [0.05, 0.1) is 13.3 Å². The molecule has 0 fully saturated rings. The maximum Gasteiger partial charge on any atom is 0.271 e. The van der Waals surface area contributed by atoms with Crippen LogP contribution in [0.2, 0.25) is 0 Å². The fraction of sp³-hybridized carbons (Fsp3) is 0.0870. The summed E-state index contributed by atoms with van der Waals surface area (Å²) < 4.78 is 23.6. The van der Waals surface area contributed by atoms with Gasteiger partial charge >= 0.3 is 0 Å². The Morgan fingerprint density at radius 2 is 1.81 bits per heavy atom. The van der Waals surface area contributed by atoms with Gasteiger partial charge in [-0.25, -0.2) is 9.82 Å². The smallest absolute Gasteiger partial charge is 0.271 e. The van der Waals surface area contributed by atoms with E-state index in [9.17, 15) is 14.0 Å². The fourth-order valence-electron chi connectivity index (χ4n) is 2.58. The largest absolute Gasteiger partial charge is 0.497 e. The molecule has 3 rings (SSSR count). The van der Waals surface area contributed by atoms with Crippen LogP contribution in [-0.4, -0.2) is 31.7 Å². The molecule has 0 radical (unpaired) electrons. The minimum Gasteiger partial charge on any atom is -0.497 e. The first-order valence-corrected chi connectivity index (χ1v) is 9.30. The van der Waals surface area contributed by atoms with Crippen molar-refractivity contribution in [3.8, 4) is 11.5 Å². The van der Waals surface area contributed by atoms with Gasteiger partial charge in [-0.15, -0.1) is 0 Å². The van der Waals surface area contributed by atoms with Gasteiger partial charge in [0.1, 0.15) is 17.3 Å². The van der Waals surface area contributed by atoms with Crippen molar-refractivity contribution in [3.63, 3.8) is 0 Å². The molecule has 0 heterocycles. The van der Waals surface area contributed by atoms with Crippen LogP contribution in [0.1, 0.15) is 15.9 Å². The van der Waals surface area contributed by atoms with Crippen molar-refractivity contribution in [2.45, 2.75) is 0 Å². The molecule has 2 N–H and O–H groups in total. The third-order valence-corrected chi connectivity index (χ3v) is 4.11. The number of carbonyl (C=O) groups is 2. The second-order valence-corrected chi connectivity index (χ2v) is 6.31. The van der Waals surface area contributed by atoms with Crippen molar-refractivity contribution in [2.24, 2.45) is 5.10 Å². The molecule has 0 atom stereocenters. The molecule has 7 nitrogen and oxygen atoms in total. The molecule has 0 saturated heterocycles. The Bertz CT molecular complexity index is 1080. The highest BCUT2D eigenvalue weighted by Crippen LogP contribution is 2.16. The van der Waals surface area contributed by atoms with Crippen LogP contribution in [0.3, 0.4) is 0 Å². The van der Waals surface area contributed by atoms with E-state index in [1.165, 1.54) is 37.6 Å². The minimum atomic E-state index is -0.398. The molecule has 8 heteroatoms. The highest BCUT2D eigenvalue weighted by atomic mass is 19.1. The number of methoxy groups -OCH3 is 1. The molecule has 31 heavy (non-hydrogen) atoms. The second-order valence-electron chi connectivity index (χ2n) is 6.31. The number of carbonyl (C=O) groups excluding carboxylic acids is 2. The molecule has 0 saturated carbocycles. The summed E-state index contributed by atoms with van der Waals surface area (Å²) in [6.45, 7) is -0.252. The van der Waals surface area contributed by atoms with Crippen molar-refractivity contribution < 1.29 is 23.5 Å². The first kappa shape index (κ1) is 21.5. The van der Waals surface area contributed by atoms with Crippen LogP contribution in [0.25, 0.3) is 0 Å². The van der Waals surface area contributed by atoms with Crippen molar-refractivity contribution in [2.75, 3.05) is 19.0 Å². The minimum absolute atomic E-state index is 0.252. The number of nitrogens with one attached hydrogen (secondary N) is 2.